The van der Waals surface area contributed by atoms with Crippen molar-refractivity contribution in [2.24, 2.45) is 0 Å². The Morgan fingerprint density at radius 2 is 1.95 bits per heavy atom. The van der Waals surface area contributed by atoms with Crippen molar-refractivity contribution in [3.8, 4) is 5.75 Å². The minimum Gasteiger partial charge on any atom is -0.494 e. The van der Waals surface area contributed by atoms with E-state index in [1.54, 1.807) is 0 Å². The predicted molar refractivity (Wildman–Crippen MR) is 77.7 cm³/mol. The Morgan fingerprint density at radius 1 is 1.26 bits per heavy atom. The van der Waals surface area contributed by atoms with Crippen molar-refractivity contribution in [2.45, 2.75) is 6.92 Å². The van der Waals surface area contributed by atoms with Crippen LogP contribution in [0.5, 0.6) is 5.75 Å². The summed E-state index contributed by atoms with van der Waals surface area (Å²) in [5.74, 6) is 0.833. The lowest BCUT2D eigenvalue weighted by atomic mass is 10.3. The summed E-state index contributed by atoms with van der Waals surface area (Å²) in [6.07, 6.45) is 0. The molecule has 19 heavy (non-hydrogen) atoms. The molecule has 1 aromatic carbocycles. The fourth-order valence-electron chi connectivity index (χ4n) is 1.50. The van der Waals surface area contributed by atoms with Gasteiger partial charge in [0.15, 0.2) is 0 Å². The number of nitrogens with zero attached hydrogens (tertiary/aromatic N) is 1. The number of amides is 1. The number of benzene rings is 1. The summed E-state index contributed by atoms with van der Waals surface area (Å²) in [5, 5.41) is 5.92. The van der Waals surface area contributed by atoms with Gasteiger partial charge in [0.25, 0.3) is 0 Å². The quantitative estimate of drug-likeness (QED) is 0.741. The second-order valence-electron chi connectivity index (χ2n) is 4.46. The van der Waals surface area contributed by atoms with E-state index in [4.69, 9.17) is 4.74 Å². The molecule has 0 heterocycles. The van der Waals surface area contributed by atoms with Crippen LogP contribution in [0.25, 0.3) is 0 Å². The first kappa shape index (κ1) is 15.3. The Balaban J connectivity index is 2.25. The maximum atomic E-state index is 11.6. The number of hydrogen-bond donors (Lipinski definition) is 2. The van der Waals surface area contributed by atoms with Gasteiger partial charge in [0.2, 0.25) is 5.91 Å². The maximum absolute atomic E-state index is 11.6. The predicted octanol–water partition coefficient (Wildman–Crippen LogP) is 1.17. The third kappa shape index (κ3) is 6.67. The van der Waals surface area contributed by atoms with Crippen molar-refractivity contribution >= 4 is 11.6 Å². The van der Waals surface area contributed by atoms with Gasteiger partial charge in [-0.05, 0) is 45.3 Å². The van der Waals surface area contributed by atoms with E-state index in [2.05, 4.69) is 10.6 Å². The molecular formula is C14H23N3O2. The molecule has 0 saturated heterocycles. The first-order valence-corrected chi connectivity index (χ1v) is 6.50. The first-order valence-electron chi connectivity index (χ1n) is 6.50. The average Bonchev–Trinajstić information content (AvgIpc) is 2.38. The van der Waals surface area contributed by atoms with Crippen molar-refractivity contribution in [2.75, 3.05) is 45.7 Å². The van der Waals surface area contributed by atoms with Gasteiger partial charge in [-0.15, -0.1) is 0 Å². The summed E-state index contributed by atoms with van der Waals surface area (Å²) < 4.78 is 5.35. The van der Waals surface area contributed by atoms with Crippen molar-refractivity contribution < 1.29 is 9.53 Å². The highest BCUT2D eigenvalue weighted by atomic mass is 16.5. The van der Waals surface area contributed by atoms with E-state index in [1.165, 1.54) is 0 Å². The molecule has 106 valence electrons. The number of carbonyl (C=O) groups is 1. The van der Waals surface area contributed by atoms with Gasteiger partial charge in [0, 0.05) is 18.8 Å². The Kier molecular flexibility index (Phi) is 6.74. The Morgan fingerprint density at radius 3 is 2.53 bits per heavy atom. The first-order chi connectivity index (χ1) is 9.11. The molecule has 1 rings (SSSR count). The highest BCUT2D eigenvalue weighted by Gasteiger charge is 2.01. The topological polar surface area (TPSA) is 53.6 Å². The van der Waals surface area contributed by atoms with E-state index < -0.39 is 0 Å². The smallest absolute Gasteiger partial charge is 0.239 e. The third-order valence-electron chi connectivity index (χ3n) is 2.50. The highest BCUT2D eigenvalue weighted by molar-refractivity contribution is 5.80. The van der Waals surface area contributed by atoms with Crippen LogP contribution in [0.1, 0.15) is 6.92 Å². The zero-order chi connectivity index (χ0) is 14.1. The monoisotopic (exact) mass is 265 g/mol. The van der Waals surface area contributed by atoms with E-state index >= 15 is 0 Å². The van der Waals surface area contributed by atoms with Crippen LogP contribution in [0.2, 0.25) is 0 Å². The summed E-state index contributed by atoms with van der Waals surface area (Å²) in [6, 6.07) is 7.57. The van der Waals surface area contributed by atoms with Crippen LogP contribution in [-0.2, 0) is 4.79 Å². The lowest BCUT2D eigenvalue weighted by Gasteiger charge is -2.11. The van der Waals surface area contributed by atoms with Crippen molar-refractivity contribution in [1.29, 1.82) is 0 Å². The Labute approximate surface area is 114 Å². The fraction of sp³-hybridized carbons (Fsp3) is 0.500. The van der Waals surface area contributed by atoms with Gasteiger partial charge in [0.1, 0.15) is 5.75 Å². The molecule has 0 atom stereocenters. The number of nitrogens with one attached hydrogen (secondary N) is 2. The SMILES string of the molecule is CCOc1ccc(NCC(=O)NCCN(C)C)cc1. The number of rotatable bonds is 8. The second kappa shape index (κ2) is 8.37. The van der Waals surface area contributed by atoms with Gasteiger partial charge >= 0.3 is 0 Å². The summed E-state index contributed by atoms with van der Waals surface area (Å²) >= 11 is 0. The molecule has 1 amide bonds. The lowest BCUT2D eigenvalue weighted by molar-refractivity contribution is -0.119. The van der Waals surface area contributed by atoms with Crippen LogP contribution in [0.15, 0.2) is 24.3 Å². The summed E-state index contributed by atoms with van der Waals surface area (Å²) in [5.41, 5.74) is 0.909. The van der Waals surface area contributed by atoms with Crippen molar-refractivity contribution in [3.05, 3.63) is 24.3 Å². The molecule has 0 aromatic heterocycles. The van der Waals surface area contributed by atoms with Crippen molar-refractivity contribution in [1.82, 2.24) is 10.2 Å². The van der Waals surface area contributed by atoms with Crippen LogP contribution >= 0.6 is 0 Å². The van der Waals surface area contributed by atoms with E-state index in [0.717, 1.165) is 18.0 Å². The Hall–Kier alpha value is -1.75. The zero-order valence-corrected chi connectivity index (χ0v) is 11.9. The van der Waals surface area contributed by atoms with Gasteiger partial charge < -0.3 is 20.3 Å². The lowest BCUT2D eigenvalue weighted by Crippen LogP contribution is -2.34. The molecule has 5 heteroatoms. The molecule has 5 nitrogen and oxygen atoms in total. The molecule has 0 spiro atoms. The summed E-state index contributed by atoms with van der Waals surface area (Å²) in [4.78, 5) is 13.6. The third-order valence-corrected chi connectivity index (χ3v) is 2.50. The number of likely N-dealkylation sites (N-methyl/N-ethyl adjacent to an activating group) is 1. The molecule has 0 bridgehead atoms. The van der Waals surface area contributed by atoms with Crippen LogP contribution in [0.4, 0.5) is 5.69 Å². The van der Waals surface area contributed by atoms with E-state index in [1.807, 2.05) is 50.2 Å². The highest BCUT2D eigenvalue weighted by Crippen LogP contribution is 2.15. The molecule has 2 N–H and O–H groups in total. The van der Waals surface area contributed by atoms with E-state index in [9.17, 15) is 4.79 Å². The van der Waals surface area contributed by atoms with Crippen LogP contribution in [0.3, 0.4) is 0 Å². The number of carbonyl (C=O) groups excluding carboxylic acids is 1. The number of ether oxygens (including phenoxy) is 1. The molecule has 0 saturated carbocycles. The second-order valence-corrected chi connectivity index (χ2v) is 4.46. The maximum Gasteiger partial charge on any atom is 0.239 e. The molecule has 0 aliphatic rings. The van der Waals surface area contributed by atoms with Gasteiger partial charge in [-0.2, -0.15) is 0 Å². The number of hydrogen-bond acceptors (Lipinski definition) is 4. The number of anilines is 1. The van der Waals surface area contributed by atoms with E-state index in [-0.39, 0.29) is 12.5 Å². The summed E-state index contributed by atoms with van der Waals surface area (Å²) in [7, 11) is 3.95. The molecule has 0 aliphatic carbocycles. The van der Waals surface area contributed by atoms with Crippen LogP contribution in [-0.4, -0.2) is 51.1 Å². The van der Waals surface area contributed by atoms with Gasteiger partial charge in [0.05, 0.1) is 13.2 Å². The normalized spacial score (nSPS) is 10.3. The summed E-state index contributed by atoms with van der Waals surface area (Å²) in [6.45, 7) is 4.39. The molecule has 0 aliphatic heterocycles. The van der Waals surface area contributed by atoms with Crippen LogP contribution < -0.4 is 15.4 Å². The standard InChI is InChI=1S/C14H23N3O2/c1-4-19-13-7-5-12(6-8-13)16-11-14(18)15-9-10-17(2)3/h5-8,16H,4,9-11H2,1-3H3,(H,15,18). The molecule has 0 radical (unpaired) electrons. The largest absolute Gasteiger partial charge is 0.494 e. The Bertz CT molecular complexity index is 377. The van der Waals surface area contributed by atoms with E-state index in [0.29, 0.717) is 13.2 Å². The minimum atomic E-state index is -0.00395. The van der Waals surface area contributed by atoms with Gasteiger partial charge in [-0.1, -0.05) is 0 Å². The van der Waals surface area contributed by atoms with Gasteiger partial charge in [-0.3, -0.25) is 4.79 Å². The fourth-order valence-corrected chi connectivity index (χ4v) is 1.50. The average molecular weight is 265 g/mol. The van der Waals surface area contributed by atoms with Gasteiger partial charge in [-0.25, -0.2) is 0 Å². The molecule has 0 unspecified atom stereocenters. The molecule has 1 aromatic rings. The molecule has 0 fully saturated rings. The van der Waals surface area contributed by atoms with Crippen molar-refractivity contribution in [3.63, 3.8) is 0 Å². The molecular weight excluding hydrogens is 242 g/mol. The minimum absolute atomic E-state index is 0.00395. The zero-order valence-electron chi connectivity index (χ0n) is 11.9. The van der Waals surface area contributed by atoms with Crippen LogP contribution in [0, 0.1) is 0 Å².